The van der Waals surface area contributed by atoms with Crippen LogP contribution in [0.4, 0.5) is 27.5 Å². The lowest BCUT2D eigenvalue weighted by Crippen LogP contribution is -2.43. The van der Waals surface area contributed by atoms with E-state index in [1.54, 1.807) is 56.3 Å². The number of carbonyl (C=O) groups excluding carboxylic acids is 3. The zero-order chi connectivity index (χ0) is 53.9. The topological polar surface area (TPSA) is 227 Å². The number of methoxy groups -OCH3 is 1. The number of carbonyl (C=O) groups is 3. The van der Waals surface area contributed by atoms with Crippen molar-refractivity contribution in [1.29, 1.82) is 5.26 Å². The van der Waals surface area contributed by atoms with E-state index in [0.29, 0.717) is 39.0 Å². The van der Waals surface area contributed by atoms with Crippen LogP contribution in [-0.4, -0.2) is 65.6 Å². The summed E-state index contributed by atoms with van der Waals surface area (Å²) in [6.07, 6.45) is 0.416. The first kappa shape index (κ1) is 54.1. The van der Waals surface area contributed by atoms with Crippen LogP contribution in [0.1, 0.15) is 80.9 Å². The fourth-order valence-electron chi connectivity index (χ4n) is 8.78. The van der Waals surface area contributed by atoms with Gasteiger partial charge in [0, 0.05) is 28.6 Å². The van der Waals surface area contributed by atoms with Crippen LogP contribution in [0.2, 0.25) is 5.02 Å². The van der Waals surface area contributed by atoms with Crippen molar-refractivity contribution in [3.05, 3.63) is 148 Å². The Labute approximate surface area is 435 Å². The molecule has 6 aromatic carbocycles. The first-order valence-corrected chi connectivity index (χ1v) is 27.0. The van der Waals surface area contributed by atoms with Gasteiger partial charge >= 0.3 is 6.09 Å². The monoisotopic (exact) mass is 1060 g/mol. The second-order valence-electron chi connectivity index (χ2n) is 19.5. The number of Topliss-reactive ketones (excluding diaryl/α,β-unsaturated/α-hetero) is 1. The Morgan fingerprint density at radius 3 is 2.20 bits per heavy atom. The highest BCUT2D eigenvalue weighted by atomic mass is 35.5. The third kappa shape index (κ3) is 12.5. The minimum absolute atomic E-state index is 0.00317. The Kier molecular flexibility index (Phi) is 15.6. The predicted octanol–water partition coefficient (Wildman–Crippen LogP) is 11.8. The molecule has 0 aliphatic heterocycles. The molecule has 1 aromatic heterocycles. The van der Waals surface area contributed by atoms with E-state index in [4.69, 9.17) is 25.5 Å². The van der Waals surface area contributed by atoms with Gasteiger partial charge in [-0.3, -0.25) is 23.9 Å². The Hall–Kier alpha value is -7.72. The number of benzene rings is 6. The number of nitriles is 1. The number of halogens is 1. The summed E-state index contributed by atoms with van der Waals surface area (Å²) in [6, 6.07) is 31.7. The number of anilines is 4. The quantitative estimate of drug-likeness (QED) is 0.0440. The Balaban J connectivity index is 1.13. The number of amides is 2. The van der Waals surface area contributed by atoms with Crippen molar-refractivity contribution >= 4 is 106 Å². The van der Waals surface area contributed by atoms with Gasteiger partial charge in [-0.15, -0.1) is 0 Å². The van der Waals surface area contributed by atoms with E-state index < -0.39 is 43.9 Å². The first-order chi connectivity index (χ1) is 34.8. The lowest BCUT2D eigenvalue weighted by atomic mass is 9.72. The summed E-state index contributed by atoms with van der Waals surface area (Å²) < 4.78 is 73.8. The summed E-state index contributed by atoms with van der Waals surface area (Å²) in [4.78, 5) is 48.3. The van der Waals surface area contributed by atoms with E-state index in [2.05, 4.69) is 60.4 Å². The standard InChI is InChI=1S/C55H55ClN6O10S2/c1-10-62(39-20-15-35(33(2)27-39)28-36(31-57)52-59-46-29-37(18-25-47(46)71-52)55(6,7)32-54(3,4)5)53(65)72-50(49(63)34-16-21-40(70-8)22-17-34)51(64)58-45-30-38(19-23-43(45)56)60-74(68,69)48-26-24-44(61-73(9,66)67)41-13-11-12-14-42(41)48/h11-30,50,60-61H,10,32H2,1-9H3,(H,58,64). The van der Waals surface area contributed by atoms with Crippen molar-refractivity contribution in [3.63, 3.8) is 0 Å². The third-order valence-electron chi connectivity index (χ3n) is 11.9. The second-order valence-corrected chi connectivity index (χ2v) is 23.3. The summed E-state index contributed by atoms with van der Waals surface area (Å²) in [5, 5.41) is 13.3. The second kappa shape index (κ2) is 21.4. The third-order valence-corrected chi connectivity index (χ3v) is 14.3. The van der Waals surface area contributed by atoms with Crippen molar-refractivity contribution in [1.82, 2.24) is 4.98 Å². The molecule has 0 spiro atoms. The van der Waals surface area contributed by atoms with Gasteiger partial charge in [0.1, 0.15) is 22.9 Å². The summed E-state index contributed by atoms with van der Waals surface area (Å²) >= 11 is 6.54. The molecular formula is C55H55ClN6O10S2. The highest BCUT2D eigenvalue weighted by Crippen LogP contribution is 2.38. The number of nitrogens with one attached hydrogen (secondary N) is 3. The van der Waals surface area contributed by atoms with E-state index in [0.717, 1.165) is 18.2 Å². The molecule has 0 aliphatic rings. The number of ketones is 1. The predicted molar refractivity (Wildman–Crippen MR) is 290 cm³/mol. The zero-order valence-corrected chi connectivity index (χ0v) is 44.5. The van der Waals surface area contributed by atoms with Crippen LogP contribution in [0.25, 0.3) is 33.5 Å². The number of allylic oxidation sites excluding steroid dienone is 1. The van der Waals surface area contributed by atoms with Gasteiger partial charge in [0.05, 0.1) is 40.3 Å². The highest BCUT2D eigenvalue weighted by Gasteiger charge is 2.35. The molecule has 7 aromatic rings. The number of hydrogen-bond acceptors (Lipinski definition) is 12. The minimum Gasteiger partial charge on any atom is -0.497 e. The van der Waals surface area contributed by atoms with E-state index in [1.165, 1.54) is 72.7 Å². The summed E-state index contributed by atoms with van der Waals surface area (Å²) in [5.74, 6) is -1.43. The number of ether oxygens (including phenoxy) is 2. The lowest BCUT2D eigenvalue weighted by Gasteiger charge is -2.32. The summed E-state index contributed by atoms with van der Waals surface area (Å²) in [5.41, 5.74) is 4.05. The number of aryl methyl sites for hydroxylation is 1. The molecule has 1 atom stereocenters. The number of rotatable bonds is 17. The molecule has 0 saturated heterocycles. The van der Waals surface area contributed by atoms with Crippen molar-refractivity contribution in [3.8, 4) is 11.8 Å². The van der Waals surface area contributed by atoms with E-state index in [9.17, 15) is 36.5 Å². The Bertz CT molecular complexity index is 3640. The van der Waals surface area contributed by atoms with Crippen LogP contribution in [0.5, 0.6) is 5.75 Å². The van der Waals surface area contributed by atoms with Gasteiger partial charge in [-0.1, -0.05) is 82.6 Å². The minimum atomic E-state index is -4.37. The van der Waals surface area contributed by atoms with Crippen LogP contribution in [0.3, 0.4) is 0 Å². The van der Waals surface area contributed by atoms with Gasteiger partial charge in [-0.25, -0.2) is 26.6 Å². The fraction of sp³-hybridized carbons (Fsp3) is 0.255. The first-order valence-electron chi connectivity index (χ1n) is 23.2. The van der Waals surface area contributed by atoms with E-state index >= 15 is 0 Å². The maximum atomic E-state index is 14.3. The van der Waals surface area contributed by atoms with Crippen molar-refractivity contribution < 1.29 is 45.1 Å². The Morgan fingerprint density at radius 1 is 0.865 bits per heavy atom. The molecule has 0 radical (unpaired) electrons. The molecule has 74 heavy (non-hydrogen) atoms. The highest BCUT2D eigenvalue weighted by molar-refractivity contribution is 7.93. The fourth-order valence-corrected chi connectivity index (χ4v) is 10.8. The van der Waals surface area contributed by atoms with Crippen LogP contribution in [0, 0.1) is 23.7 Å². The molecule has 0 saturated carbocycles. The van der Waals surface area contributed by atoms with Crippen molar-refractivity contribution in [2.24, 2.45) is 5.41 Å². The maximum Gasteiger partial charge on any atom is 0.415 e. The molecule has 3 N–H and O–H groups in total. The molecule has 0 fully saturated rings. The number of fused-ring (bicyclic) bond motifs is 2. The molecule has 384 valence electrons. The van der Waals surface area contributed by atoms with Gasteiger partial charge in [0.2, 0.25) is 27.8 Å². The SMILES string of the molecule is CCN(C(=O)OC(C(=O)Nc1cc(NS(=O)(=O)c2ccc(NS(C)(=O)=O)c3ccccc23)ccc1Cl)C(=O)c1ccc(OC)cc1)c1ccc(C=C(C#N)c2nc3cc(C(C)(C)CC(C)(C)C)ccc3o2)c(C)c1. The van der Waals surface area contributed by atoms with Crippen molar-refractivity contribution in [2.75, 3.05) is 39.6 Å². The summed E-state index contributed by atoms with van der Waals surface area (Å²) in [6.45, 7) is 14.5. The number of hydrogen-bond donors (Lipinski definition) is 3. The summed E-state index contributed by atoms with van der Waals surface area (Å²) in [7, 11) is -6.63. The van der Waals surface area contributed by atoms with Gasteiger partial charge in [0.25, 0.3) is 15.9 Å². The number of nitrogens with zero attached hydrogens (tertiary/aromatic N) is 3. The molecule has 16 nitrogen and oxygen atoms in total. The van der Waals surface area contributed by atoms with E-state index in [-0.39, 0.29) is 66.8 Å². The van der Waals surface area contributed by atoms with Crippen LogP contribution in [-0.2, 0) is 35.0 Å². The van der Waals surface area contributed by atoms with Gasteiger partial charge in [-0.2, -0.15) is 5.26 Å². The molecule has 0 bridgehead atoms. The number of sulfonamides is 2. The van der Waals surface area contributed by atoms with Crippen LogP contribution >= 0.6 is 11.6 Å². The molecule has 19 heteroatoms. The van der Waals surface area contributed by atoms with Crippen molar-refractivity contribution in [2.45, 2.75) is 71.3 Å². The normalized spacial score (nSPS) is 12.7. The molecule has 1 heterocycles. The molecule has 2 amide bonds. The Morgan fingerprint density at radius 2 is 1.57 bits per heavy atom. The van der Waals surface area contributed by atoms with Gasteiger partial charge in [-0.05, 0) is 133 Å². The number of oxazole rings is 1. The van der Waals surface area contributed by atoms with E-state index in [1.807, 2.05) is 18.2 Å². The molecule has 0 aliphatic carbocycles. The maximum absolute atomic E-state index is 14.3. The molecule has 7 rings (SSSR count). The number of aromatic nitrogens is 1. The largest absolute Gasteiger partial charge is 0.497 e. The zero-order valence-electron chi connectivity index (χ0n) is 42.2. The molecular weight excluding hydrogens is 1000 g/mol. The molecule has 1 unspecified atom stereocenters. The van der Waals surface area contributed by atoms with Crippen LogP contribution < -0.4 is 24.4 Å². The van der Waals surface area contributed by atoms with Gasteiger partial charge in [0.15, 0.2) is 5.58 Å². The average molecular weight is 1060 g/mol. The average Bonchev–Trinajstić information content (AvgIpc) is 3.76. The van der Waals surface area contributed by atoms with Crippen LogP contribution in [0.15, 0.2) is 125 Å². The van der Waals surface area contributed by atoms with Gasteiger partial charge < -0.3 is 19.2 Å². The smallest absolute Gasteiger partial charge is 0.415 e. The lowest BCUT2D eigenvalue weighted by molar-refractivity contribution is -0.122.